The number of nitrogens with one attached hydrogen (secondary N) is 1. The van der Waals surface area contributed by atoms with Crippen molar-refractivity contribution in [2.75, 3.05) is 20.3 Å². The molecule has 1 N–H and O–H groups in total. The minimum atomic E-state index is -0.0314. The van der Waals surface area contributed by atoms with Crippen LogP contribution in [0, 0.1) is 6.92 Å². The van der Waals surface area contributed by atoms with Crippen LogP contribution in [0.3, 0.4) is 0 Å². The minimum Gasteiger partial charge on any atom is -0.464 e. The zero-order chi connectivity index (χ0) is 15.5. The van der Waals surface area contributed by atoms with Crippen LogP contribution >= 0.6 is 12.2 Å². The molecule has 3 rings (SSSR count). The Morgan fingerprint density at radius 2 is 2.23 bits per heavy atom. The summed E-state index contributed by atoms with van der Waals surface area (Å²) in [6.07, 6.45) is 1.79. The lowest BCUT2D eigenvalue weighted by Crippen LogP contribution is -2.32. The second-order valence-corrected chi connectivity index (χ2v) is 5.65. The van der Waals surface area contributed by atoms with Gasteiger partial charge in [-0.25, -0.2) is 0 Å². The average molecular weight is 317 g/mol. The van der Waals surface area contributed by atoms with Crippen LogP contribution in [0.4, 0.5) is 0 Å². The number of nitrogens with zero attached hydrogens (tertiary/aromatic N) is 2. The van der Waals surface area contributed by atoms with Gasteiger partial charge in [-0.3, -0.25) is 4.98 Å². The normalized spacial score (nSPS) is 21.2. The van der Waals surface area contributed by atoms with E-state index in [-0.39, 0.29) is 12.1 Å². The molecule has 1 fully saturated rings. The van der Waals surface area contributed by atoms with E-state index in [1.807, 2.05) is 37.3 Å². The maximum atomic E-state index is 5.87. The van der Waals surface area contributed by atoms with Crippen molar-refractivity contribution >= 4 is 17.3 Å². The van der Waals surface area contributed by atoms with Crippen LogP contribution in [-0.4, -0.2) is 35.3 Å². The van der Waals surface area contributed by atoms with Gasteiger partial charge in [0.15, 0.2) is 5.11 Å². The molecule has 0 aliphatic carbocycles. The smallest absolute Gasteiger partial charge is 0.170 e. The second kappa shape index (κ2) is 6.46. The van der Waals surface area contributed by atoms with Gasteiger partial charge in [0.1, 0.15) is 17.6 Å². The van der Waals surface area contributed by atoms with E-state index in [0.29, 0.717) is 18.3 Å². The van der Waals surface area contributed by atoms with Crippen molar-refractivity contribution in [3.63, 3.8) is 0 Å². The fourth-order valence-electron chi connectivity index (χ4n) is 2.76. The highest BCUT2D eigenvalue weighted by Crippen LogP contribution is 2.38. The highest BCUT2D eigenvalue weighted by Gasteiger charge is 2.41. The first kappa shape index (κ1) is 15.0. The number of hydrogen-bond acceptors (Lipinski definition) is 4. The summed E-state index contributed by atoms with van der Waals surface area (Å²) in [4.78, 5) is 6.58. The Morgan fingerprint density at radius 3 is 2.86 bits per heavy atom. The lowest BCUT2D eigenvalue weighted by Gasteiger charge is -2.25. The molecule has 0 aromatic carbocycles. The van der Waals surface area contributed by atoms with Gasteiger partial charge in [0.05, 0.1) is 18.3 Å². The Bertz CT molecular complexity index is 644. The Kier molecular flexibility index (Phi) is 4.40. The summed E-state index contributed by atoms with van der Waals surface area (Å²) in [6.45, 7) is 3.25. The molecule has 2 aromatic rings. The first-order valence-electron chi connectivity index (χ1n) is 7.24. The molecular weight excluding hydrogens is 298 g/mol. The Hall–Kier alpha value is -1.92. The molecule has 0 spiro atoms. The minimum absolute atomic E-state index is 0.0220. The number of ether oxygens (including phenoxy) is 1. The Balaban J connectivity index is 1.96. The molecule has 1 saturated heterocycles. The zero-order valence-corrected chi connectivity index (χ0v) is 13.5. The van der Waals surface area contributed by atoms with Crippen molar-refractivity contribution in [2.45, 2.75) is 19.0 Å². The molecule has 0 bridgehead atoms. The summed E-state index contributed by atoms with van der Waals surface area (Å²) in [6, 6.07) is 9.82. The van der Waals surface area contributed by atoms with Crippen molar-refractivity contribution in [2.24, 2.45) is 0 Å². The largest absolute Gasteiger partial charge is 0.464 e. The molecule has 1 aliphatic heterocycles. The number of aromatic nitrogens is 1. The number of aryl methyl sites for hydroxylation is 1. The van der Waals surface area contributed by atoms with Gasteiger partial charge in [-0.05, 0) is 43.4 Å². The van der Waals surface area contributed by atoms with Crippen LogP contribution in [-0.2, 0) is 4.74 Å². The van der Waals surface area contributed by atoms with E-state index in [0.717, 1.165) is 17.2 Å². The molecule has 116 valence electrons. The molecule has 2 aromatic heterocycles. The quantitative estimate of drug-likeness (QED) is 0.856. The van der Waals surface area contributed by atoms with Gasteiger partial charge in [-0.2, -0.15) is 0 Å². The van der Waals surface area contributed by atoms with Crippen LogP contribution in [0.15, 0.2) is 40.9 Å². The predicted molar refractivity (Wildman–Crippen MR) is 87.5 cm³/mol. The molecule has 5 nitrogen and oxygen atoms in total. The topological polar surface area (TPSA) is 50.5 Å². The van der Waals surface area contributed by atoms with Crippen molar-refractivity contribution in [1.82, 2.24) is 15.2 Å². The number of thiocarbonyl (C=S) groups is 1. The third-order valence-corrected chi connectivity index (χ3v) is 4.14. The molecule has 0 amide bonds. The van der Waals surface area contributed by atoms with E-state index in [2.05, 4.69) is 15.2 Å². The first-order valence-corrected chi connectivity index (χ1v) is 7.65. The Labute approximate surface area is 135 Å². The average Bonchev–Trinajstić information content (AvgIpc) is 3.09. The Morgan fingerprint density at radius 1 is 1.36 bits per heavy atom. The SMILES string of the molecule is COCCN1C(=S)NC(c2ccccn2)C1c1ccc(C)o1. The fourth-order valence-corrected chi connectivity index (χ4v) is 3.09. The van der Waals surface area contributed by atoms with Crippen LogP contribution < -0.4 is 5.32 Å². The summed E-state index contributed by atoms with van der Waals surface area (Å²) in [5, 5.41) is 4.07. The van der Waals surface area contributed by atoms with E-state index in [4.69, 9.17) is 21.4 Å². The van der Waals surface area contributed by atoms with Crippen LogP contribution in [0.25, 0.3) is 0 Å². The van der Waals surface area contributed by atoms with Gasteiger partial charge in [0.25, 0.3) is 0 Å². The third kappa shape index (κ3) is 2.84. The molecule has 6 heteroatoms. The number of methoxy groups -OCH3 is 1. The van der Waals surface area contributed by atoms with E-state index >= 15 is 0 Å². The summed E-state index contributed by atoms with van der Waals surface area (Å²) < 4.78 is 11.1. The number of furan rings is 1. The highest BCUT2D eigenvalue weighted by molar-refractivity contribution is 7.80. The molecule has 0 saturated carbocycles. The van der Waals surface area contributed by atoms with Gasteiger partial charge >= 0.3 is 0 Å². The number of pyridine rings is 1. The van der Waals surface area contributed by atoms with Gasteiger partial charge in [-0.15, -0.1) is 0 Å². The zero-order valence-electron chi connectivity index (χ0n) is 12.7. The van der Waals surface area contributed by atoms with E-state index in [1.165, 1.54) is 0 Å². The lowest BCUT2D eigenvalue weighted by molar-refractivity contribution is 0.158. The maximum Gasteiger partial charge on any atom is 0.170 e. The standard InChI is InChI=1S/C16H19N3O2S/c1-11-6-7-13(21-11)15-14(12-5-3-4-8-17-12)18-16(22)19(15)9-10-20-2/h3-8,14-15H,9-10H2,1-2H3,(H,18,22). The van der Waals surface area contributed by atoms with Gasteiger partial charge < -0.3 is 19.4 Å². The third-order valence-electron chi connectivity index (χ3n) is 3.79. The summed E-state index contributed by atoms with van der Waals surface area (Å²) >= 11 is 5.50. The molecule has 2 unspecified atom stereocenters. The monoisotopic (exact) mass is 317 g/mol. The summed E-state index contributed by atoms with van der Waals surface area (Å²) in [5.74, 6) is 1.77. The van der Waals surface area contributed by atoms with Gasteiger partial charge in [0.2, 0.25) is 0 Å². The van der Waals surface area contributed by atoms with Crippen LogP contribution in [0.5, 0.6) is 0 Å². The van der Waals surface area contributed by atoms with E-state index in [1.54, 1.807) is 13.3 Å². The molecule has 2 atom stereocenters. The fraction of sp³-hybridized carbons (Fsp3) is 0.375. The first-order chi connectivity index (χ1) is 10.7. The van der Waals surface area contributed by atoms with Gasteiger partial charge in [0, 0.05) is 19.9 Å². The lowest BCUT2D eigenvalue weighted by atomic mass is 10.0. The second-order valence-electron chi connectivity index (χ2n) is 5.26. The van der Waals surface area contributed by atoms with Crippen LogP contribution in [0.1, 0.15) is 29.3 Å². The number of hydrogen-bond donors (Lipinski definition) is 1. The van der Waals surface area contributed by atoms with Gasteiger partial charge in [-0.1, -0.05) is 6.07 Å². The molecule has 0 radical (unpaired) electrons. The summed E-state index contributed by atoms with van der Waals surface area (Å²) in [7, 11) is 1.69. The molecule has 1 aliphatic rings. The van der Waals surface area contributed by atoms with Crippen molar-refractivity contribution in [1.29, 1.82) is 0 Å². The predicted octanol–water partition coefficient (Wildman–Crippen LogP) is 2.60. The van der Waals surface area contributed by atoms with Crippen LogP contribution in [0.2, 0.25) is 0 Å². The molecular formula is C16H19N3O2S. The molecule has 22 heavy (non-hydrogen) atoms. The number of rotatable bonds is 5. The van der Waals surface area contributed by atoms with Crippen molar-refractivity contribution in [3.05, 3.63) is 53.7 Å². The van der Waals surface area contributed by atoms with E-state index in [9.17, 15) is 0 Å². The summed E-state index contributed by atoms with van der Waals surface area (Å²) in [5.41, 5.74) is 0.948. The maximum absolute atomic E-state index is 5.87. The van der Waals surface area contributed by atoms with Crippen molar-refractivity contribution < 1.29 is 9.15 Å². The molecule has 3 heterocycles. The van der Waals surface area contributed by atoms with E-state index < -0.39 is 0 Å². The van der Waals surface area contributed by atoms with Crippen molar-refractivity contribution in [3.8, 4) is 0 Å². The highest BCUT2D eigenvalue weighted by atomic mass is 32.1.